The Labute approximate surface area is 110 Å². The number of carbonyl (C=O) groups excluding carboxylic acids is 1. The van der Waals surface area contributed by atoms with E-state index in [0.717, 1.165) is 23.7 Å². The van der Waals surface area contributed by atoms with Gasteiger partial charge in [-0.25, -0.2) is 0 Å². The normalized spacial score (nSPS) is 42.9. The van der Waals surface area contributed by atoms with Crippen molar-refractivity contribution in [3.63, 3.8) is 0 Å². The smallest absolute Gasteiger partial charge is 0.251 e. The third-order valence-electron chi connectivity index (χ3n) is 5.67. The van der Waals surface area contributed by atoms with Crippen molar-refractivity contribution in [1.29, 1.82) is 0 Å². The molecule has 0 saturated heterocycles. The topological polar surface area (TPSA) is 29.5 Å². The first-order valence-electron chi connectivity index (χ1n) is 7.39. The summed E-state index contributed by atoms with van der Waals surface area (Å²) >= 11 is 0. The van der Waals surface area contributed by atoms with E-state index in [0.29, 0.717) is 6.04 Å². The molecule has 4 fully saturated rings. The largest absolute Gasteiger partial charge is 0.372 e. The van der Waals surface area contributed by atoms with Crippen LogP contribution in [0.15, 0.2) is 0 Å². The fourth-order valence-electron chi connectivity index (χ4n) is 5.06. The Hall–Kier alpha value is -0.570. The lowest BCUT2D eigenvalue weighted by molar-refractivity contribution is -0.150. The van der Waals surface area contributed by atoms with Crippen LogP contribution in [-0.4, -0.2) is 37.1 Å². The zero-order valence-corrected chi connectivity index (χ0v) is 11.8. The maximum atomic E-state index is 12.3. The van der Waals surface area contributed by atoms with Gasteiger partial charge in [0.2, 0.25) is 0 Å². The molecular weight excluding hydrogens is 226 g/mol. The minimum absolute atomic E-state index is 0.162. The van der Waals surface area contributed by atoms with E-state index >= 15 is 0 Å². The van der Waals surface area contributed by atoms with E-state index in [1.165, 1.54) is 32.1 Å². The van der Waals surface area contributed by atoms with E-state index in [2.05, 4.69) is 0 Å². The van der Waals surface area contributed by atoms with Gasteiger partial charge in [-0.05, 0) is 62.7 Å². The molecule has 0 aromatic rings. The number of rotatable bonds is 3. The number of amides is 1. The Morgan fingerprint density at radius 2 is 1.61 bits per heavy atom. The number of carbonyl (C=O) groups is 1. The van der Waals surface area contributed by atoms with Gasteiger partial charge in [-0.15, -0.1) is 0 Å². The molecule has 0 aliphatic heterocycles. The first-order chi connectivity index (χ1) is 8.60. The molecule has 1 atom stereocenters. The molecule has 3 heteroatoms. The third-order valence-corrected chi connectivity index (χ3v) is 5.67. The lowest BCUT2D eigenvalue weighted by Gasteiger charge is -2.56. The lowest BCUT2D eigenvalue weighted by atomic mass is 9.54. The summed E-state index contributed by atoms with van der Waals surface area (Å²) in [6.45, 7) is 1.86. The summed E-state index contributed by atoms with van der Waals surface area (Å²) in [5.74, 6) is 3.62. The Morgan fingerprint density at radius 3 is 2.06 bits per heavy atom. The van der Waals surface area contributed by atoms with E-state index in [4.69, 9.17) is 4.74 Å². The second kappa shape index (κ2) is 4.52. The van der Waals surface area contributed by atoms with Gasteiger partial charge in [0.1, 0.15) is 6.10 Å². The van der Waals surface area contributed by atoms with Gasteiger partial charge in [0.05, 0.1) is 0 Å². The molecule has 0 aromatic carbocycles. The Bertz CT molecular complexity index is 313. The van der Waals surface area contributed by atoms with Gasteiger partial charge in [-0.2, -0.15) is 0 Å². The van der Waals surface area contributed by atoms with Crippen LogP contribution in [0.2, 0.25) is 0 Å². The van der Waals surface area contributed by atoms with Gasteiger partial charge < -0.3 is 9.64 Å². The van der Waals surface area contributed by atoms with Gasteiger partial charge >= 0.3 is 0 Å². The highest BCUT2D eigenvalue weighted by atomic mass is 16.5. The summed E-state index contributed by atoms with van der Waals surface area (Å²) < 4.78 is 5.18. The molecule has 4 bridgehead atoms. The Morgan fingerprint density at radius 1 is 1.11 bits per heavy atom. The second-order valence-electron chi connectivity index (χ2n) is 6.75. The minimum Gasteiger partial charge on any atom is -0.372 e. The Balaban J connectivity index is 1.74. The maximum Gasteiger partial charge on any atom is 0.251 e. The Kier molecular flexibility index (Phi) is 3.13. The molecule has 4 aliphatic rings. The zero-order valence-electron chi connectivity index (χ0n) is 11.8. The van der Waals surface area contributed by atoms with Crippen molar-refractivity contribution in [3.8, 4) is 0 Å². The standard InChI is InChI=1S/C15H25NO2/c1-9(18-3)15(17)16(2)14-12-5-10-4-11(7-12)8-13(14)6-10/h9-14H,4-8H2,1-3H3. The number of methoxy groups -OCH3 is 1. The summed E-state index contributed by atoms with van der Waals surface area (Å²) in [7, 11) is 3.61. The van der Waals surface area contributed by atoms with Crippen molar-refractivity contribution < 1.29 is 9.53 Å². The predicted octanol–water partition coefficient (Wildman–Crippen LogP) is 2.30. The van der Waals surface area contributed by atoms with Crippen molar-refractivity contribution in [3.05, 3.63) is 0 Å². The summed E-state index contributed by atoms with van der Waals surface area (Å²) in [5.41, 5.74) is 0. The van der Waals surface area contributed by atoms with Crippen LogP contribution in [0, 0.1) is 23.7 Å². The quantitative estimate of drug-likeness (QED) is 0.770. The van der Waals surface area contributed by atoms with Crippen LogP contribution in [0.3, 0.4) is 0 Å². The monoisotopic (exact) mass is 251 g/mol. The average Bonchev–Trinajstić information content (AvgIpc) is 2.35. The molecule has 4 aliphatic carbocycles. The fourth-order valence-corrected chi connectivity index (χ4v) is 5.06. The van der Waals surface area contributed by atoms with Crippen LogP contribution in [0.5, 0.6) is 0 Å². The molecule has 0 N–H and O–H groups in total. The second-order valence-corrected chi connectivity index (χ2v) is 6.75. The van der Waals surface area contributed by atoms with Gasteiger partial charge in [0.25, 0.3) is 5.91 Å². The molecule has 1 unspecified atom stereocenters. The van der Waals surface area contributed by atoms with Gasteiger partial charge in [0.15, 0.2) is 0 Å². The molecular formula is C15H25NO2. The maximum absolute atomic E-state index is 12.3. The number of ether oxygens (including phenoxy) is 1. The summed E-state index contributed by atoms with van der Waals surface area (Å²) in [5, 5.41) is 0. The van der Waals surface area contributed by atoms with Crippen molar-refractivity contribution in [2.24, 2.45) is 23.7 Å². The molecule has 4 saturated carbocycles. The molecule has 1 amide bonds. The first kappa shape index (κ1) is 12.5. The van der Waals surface area contributed by atoms with E-state index in [1.54, 1.807) is 7.11 Å². The van der Waals surface area contributed by atoms with Crippen LogP contribution in [0.4, 0.5) is 0 Å². The van der Waals surface area contributed by atoms with Crippen molar-refractivity contribution >= 4 is 5.91 Å². The van der Waals surface area contributed by atoms with E-state index in [1.807, 2.05) is 18.9 Å². The van der Waals surface area contributed by atoms with Crippen LogP contribution in [-0.2, 0) is 9.53 Å². The van der Waals surface area contributed by atoms with Crippen molar-refractivity contribution in [2.45, 2.75) is 51.2 Å². The molecule has 0 spiro atoms. The summed E-state index contributed by atoms with van der Waals surface area (Å²) in [4.78, 5) is 14.3. The highest BCUT2D eigenvalue weighted by molar-refractivity contribution is 5.80. The highest BCUT2D eigenvalue weighted by Crippen LogP contribution is 2.54. The van der Waals surface area contributed by atoms with E-state index in [9.17, 15) is 4.79 Å². The van der Waals surface area contributed by atoms with Crippen LogP contribution in [0.25, 0.3) is 0 Å². The van der Waals surface area contributed by atoms with Crippen LogP contribution < -0.4 is 0 Å². The average molecular weight is 251 g/mol. The van der Waals surface area contributed by atoms with Crippen LogP contribution in [0.1, 0.15) is 39.0 Å². The van der Waals surface area contributed by atoms with Gasteiger partial charge in [-0.3, -0.25) is 4.79 Å². The molecule has 0 aromatic heterocycles. The fraction of sp³-hybridized carbons (Fsp3) is 0.933. The minimum atomic E-state index is -0.299. The SMILES string of the molecule is COC(C)C(=O)N(C)C1C2CC3CC(C2)CC1C3. The van der Waals surface area contributed by atoms with E-state index < -0.39 is 0 Å². The zero-order chi connectivity index (χ0) is 12.9. The van der Waals surface area contributed by atoms with Crippen LogP contribution >= 0.6 is 0 Å². The molecule has 0 heterocycles. The predicted molar refractivity (Wildman–Crippen MR) is 70.1 cm³/mol. The highest BCUT2D eigenvalue weighted by Gasteiger charge is 2.50. The molecule has 4 rings (SSSR count). The third kappa shape index (κ3) is 1.87. The summed E-state index contributed by atoms with van der Waals surface area (Å²) in [6, 6.07) is 0.489. The molecule has 3 nitrogen and oxygen atoms in total. The lowest BCUT2D eigenvalue weighted by Crippen LogP contribution is -2.57. The van der Waals surface area contributed by atoms with Crippen molar-refractivity contribution in [2.75, 3.05) is 14.2 Å². The number of likely N-dealkylation sites (N-methyl/N-ethyl adjacent to an activating group) is 1. The van der Waals surface area contributed by atoms with Gasteiger partial charge in [-0.1, -0.05) is 0 Å². The van der Waals surface area contributed by atoms with E-state index in [-0.39, 0.29) is 12.0 Å². The molecule has 18 heavy (non-hydrogen) atoms. The van der Waals surface area contributed by atoms with Crippen molar-refractivity contribution in [1.82, 2.24) is 4.90 Å². The summed E-state index contributed by atoms with van der Waals surface area (Å²) in [6.07, 6.45) is 6.60. The molecule has 102 valence electrons. The van der Waals surface area contributed by atoms with Gasteiger partial charge in [0, 0.05) is 20.2 Å². The number of nitrogens with zero attached hydrogens (tertiary/aromatic N) is 1. The first-order valence-corrected chi connectivity index (χ1v) is 7.39. The number of hydrogen-bond acceptors (Lipinski definition) is 2. The number of hydrogen-bond donors (Lipinski definition) is 0. The molecule has 0 radical (unpaired) electrons.